The van der Waals surface area contributed by atoms with Crippen LogP contribution in [-0.2, 0) is 20.7 Å². The van der Waals surface area contributed by atoms with Crippen LogP contribution in [0.4, 0.5) is 0 Å². The molecule has 1 aromatic carbocycles. The molecule has 0 bridgehead atoms. The molecule has 2 aliphatic rings. The Hall–Kier alpha value is -2.34. The Morgan fingerprint density at radius 2 is 1.96 bits per heavy atom. The first-order valence-electron chi connectivity index (χ1n) is 10.2. The lowest BCUT2D eigenvalue weighted by Crippen LogP contribution is -2.45. The number of hydrogen-bond donors (Lipinski definition) is 1. The average Bonchev–Trinajstić information content (AvgIpc) is 3.29. The first-order chi connectivity index (χ1) is 13.5. The first kappa shape index (κ1) is 19.0. The molecule has 4 rings (SSSR count). The van der Waals surface area contributed by atoms with E-state index in [4.69, 9.17) is 4.74 Å². The zero-order chi connectivity index (χ0) is 19.7. The second-order valence-corrected chi connectivity index (χ2v) is 8.18. The van der Waals surface area contributed by atoms with E-state index in [-0.39, 0.29) is 23.7 Å². The summed E-state index contributed by atoms with van der Waals surface area (Å²) >= 11 is 0. The van der Waals surface area contributed by atoms with Gasteiger partial charge in [0.15, 0.2) is 0 Å². The number of hydrogen-bond acceptors (Lipinski definition) is 3. The van der Waals surface area contributed by atoms with Crippen molar-refractivity contribution < 1.29 is 14.3 Å². The van der Waals surface area contributed by atoms with Gasteiger partial charge in [0.2, 0.25) is 11.8 Å². The number of likely N-dealkylation sites (tertiary alicyclic amines) is 1. The molecule has 28 heavy (non-hydrogen) atoms. The number of carbonyl (C=O) groups excluding carboxylic acids is 2. The average molecular weight is 383 g/mol. The van der Waals surface area contributed by atoms with Crippen molar-refractivity contribution in [1.29, 1.82) is 0 Å². The molecule has 1 N–H and O–H groups in total. The van der Waals surface area contributed by atoms with Gasteiger partial charge in [0.1, 0.15) is 0 Å². The number of morpholine rings is 1. The van der Waals surface area contributed by atoms with E-state index < -0.39 is 0 Å². The highest BCUT2D eigenvalue weighted by molar-refractivity contribution is 5.85. The van der Waals surface area contributed by atoms with Gasteiger partial charge in [-0.15, -0.1) is 0 Å². The summed E-state index contributed by atoms with van der Waals surface area (Å²) in [6, 6.07) is 6.34. The fourth-order valence-electron chi connectivity index (χ4n) is 4.41. The minimum Gasteiger partial charge on any atom is -0.378 e. The van der Waals surface area contributed by atoms with E-state index in [0.29, 0.717) is 45.8 Å². The topological polar surface area (TPSA) is 65.6 Å². The first-order valence-corrected chi connectivity index (χ1v) is 10.2. The van der Waals surface area contributed by atoms with E-state index in [0.717, 1.165) is 11.9 Å². The Bertz CT molecular complexity index is 869. The minimum absolute atomic E-state index is 0.0854. The molecule has 0 aliphatic carbocycles. The summed E-state index contributed by atoms with van der Waals surface area (Å²) in [7, 11) is 0. The predicted molar refractivity (Wildman–Crippen MR) is 108 cm³/mol. The summed E-state index contributed by atoms with van der Waals surface area (Å²) in [5.74, 6) is 0.442. The largest absolute Gasteiger partial charge is 0.378 e. The quantitative estimate of drug-likeness (QED) is 0.881. The van der Waals surface area contributed by atoms with Crippen molar-refractivity contribution >= 4 is 22.7 Å². The molecule has 0 spiro atoms. The van der Waals surface area contributed by atoms with Gasteiger partial charge in [-0.2, -0.15) is 0 Å². The Morgan fingerprint density at radius 3 is 2.75 bits per heavy atom. The van der Waals surface area contributed by atoms with Crippen LogP contribution in [0, 0.1) is 18.8 Å². The third kappa shape index (κ3) is 3.78. The summed E-state index contributed by atoms with van der Waals surface area (Å²) in [6.07, 6.45) is 3.20. The number of ether oxygens (including phenoxy) is 1. The van der Waals surface area contributed by atoms with E-state index in [9.17, 15) is 9.59 Å². The number of amides is 2. The van der Waals surface area contributed by atoms with Crippen molar-refractivity contribution in [1.82, 2.24) is 14.8 Å². The molecule has 3 heterocycles. The number of H-pyrrole nitrogens is 1. The number of carbonyl (C=O) groups is 2. The van der Waals surface area contributed by atoms with Gasteiger partial charge < -0.3 is 19.5 Å². The van der Waals surface area contributed by atoms with Gasteiger partial charge >= 0.3 is 0 Å². The third-order valence-electron chi connectivity index (χ3n) is 6.14. The summed E-state index contributed by atoms with van der Waals surface area (Å²) < 4.78 is 5.34. The van der Waals surface area contributed by atoms with Crippen LogP contribution < -0.4 is 0 Å². The van der Waals surface area contributed by atoms with Crippen LogP contribution in [-0.4, -0.2) is 66.0 Å². The molecule has 2 fully saturated rings. The maximum atomic E-state index is 12.8. The van der Waals surface area contributed by atoms with Crippen LogP contribution in [0.15, 0.2) is 24.4 Å². The van der Waals surface area contributed by atoms with Crippen molar-refractivity contribution in [2.45, 2.75) is 26.7 Å². The van der Waals surface area contributed by atoms with Gasteiger partial charge in [-0.3, -0.25) is 9.59 Å². The van der Waals surface area contributed by atoms with Crippen LogP contribution in [0.1, 0.15) is 24.5 Å². The number of fused-ring (bicyclic) bond motifs is 1. The second kappa shape index (κ2) is 7.95. The molecule has 2 saturated heterocycles. The Balaban J connectivity index is 1.36. The minimum atomic E-state index is -0.0854. The van der Waals surface area contributed by atoms with Gasteiger partial charge in [0.05, 0.1) is 19.1 Å². The fraction of sp³-hybridized carbons (Fsp3) is 0.545. The van der Waals surface area contributed by atoms with Crippen LogP contribution >= 0.6 is 0 Å². The van der Waals surface area contributed by atoms with Crippen LogP contribution in [0.25, 0.3) is 10.9 Å². The molecule has 6 nitrogen and oxygen atoms in total. The lowest BCUT2D eigenvalue weighted by Gasteiger charge is -2.30. The summed E-state index contributed by atoms with van der Waals surface area (Å²) in [5.41, 5.74) is 3.51. The van der Waals surface area contributed by atoms with Crippen molar-refractivity contribution in [3.05, 3.63) is 35.5 Å². The molecular weight excluding hydrogens is 354 g/mol. The molecule has 150 valence electrons. The van der Waals surface area contributed by atoms with E-state index in [1.165, 1.54) is 16.5 Å². The molecule has 2 atom stereocenters. The monoisotopic (exact) mass is 383 g/mol. The predicted octanol–water partition coefficient (Wildman–Crippen LogP) is 2.36. The lowest BCUT2D eigenvalue weighted by molar-refractivity contribution is -0.140. The van der Waals surface area contributed by atoms with Gasteiger partial charge in [0, 0.05) is 49.7 Å². The number of nitrogens with one attached hydrogen (secondary N) is 1. The van der Waals surface area contributed by atoms with Crippen LogP contribution in [0.3, 0.4) is 0 Å². The standard InChI is InChI=1S/C22H29N3O3/c1-15-3-5-20-18(11-15)17(12-23-20)4-6-21(26)25-13-16(2)19(14-25)22(27)24-7-9-28-10-8-24/h3,5,11-12,16,19,23H,4,6-10,13-14H2,1-2H3/t16-,19-/m1/s1. The number of aryl methyl sites for hydroxylation is 2. The third-order valence-corrected chi connectivity index (χ3v) is 6.14. The zero-order valence-corrected chi connectivity index (χ0v) is 16.7. The second-order valence-electron chi connectivity index (χ2n) is 8.18. The van der Waals surface area contributed by atoms with Crippen molar-refractivity contribution in [2.24, 2.45) is 11.8 Å². The number of nitrogens with zero attached hydrogens (tertiary/aromatic N) is 2. The van der Waals surface area contributed by atoms with Gasteiger partial charge in [-0.25, -0.2) is 0 Å². The summed E-state index contributed by atoms with van der Waals surface area (Å²) in [6.45, 7) is 7.93. The molecule has 1 aromatic heterocycles. The van der Waals surface area contributed by atoms with Gasteiger partial charge in [-0.05, 0) is 37.0 Å². The van der Waals surface area contributed by atoms with E-state index in [2.05, 4.69) is 37.0 Å². The lowest BCUT2D eigenvalue weighted by atomic mass is 9.96. The smallest absolute Gasteiger partial charge is 0.227 e. The maximum absolute atomic E-state index is 12.8. The van der Waals surface area contributed by atoms with Crippen LogP contribution in [0.2, 0.25) is 0 Å². The normalized spacial score (nSPS) is 22.8. The molecule has 0 radical (unpaired) electrons. The molecule has 6 heteroatoms. The number of aromatic nitrogens is 1. The molecule has 2 aromatic rings. The fourth-order valence-corrected chi connectivity index (χ4v) is 4.41. The highest BCUT2D eigenvalue weighted by atomic mass is 16.5. The van der Waals surface area contributed by atoms with Crippen molar-refractivity contribution in [2.75, 3.05) is 39.4 Å². The number of aromatic amines is 1. The van der Waals surface area contributed by atoms with Gasteiger partial charge in [0.25, 0.3) is 0 Å². The van der Waals surface area contributed by atoms with E-state index >= 15 is 0 Å². The van der Waals surface area contributed by atoms with Crippen LogP contribution in [0.5, 0.6) is 0 Å². The maximum Gasteiger partial charge on any atom is 0.227 e. The Morgan fingerprint density at radius 1 is 1.18 bits per heavy atom. The zero-order valence-electron chi connectivity index (χ0n) is 16.7. The summed E-state index contributed by atoms with van der Waals surface area (Å²) in [5, 5.41) is 1.20. The Labute approximate surface area is 165 Å². The summed E-state index contributed by atoms with van der Waals surface area (Å²) in [4.78, 5) is 32.7. The molecule has 2 amide bonds. The highest BCUT2D eigenvalue weighted by Crippen LogP contribution is 2.27. The molecule has 0 unspecified atom stereocenters. The highest BCUT2D eigenvalue weighted by Gasteiger charge is 2.39. The van der Waals surface area contributed by atoms with Crippen molar-refractivity contribution in [3.63, 3.8) is 0 Å². The van der Waals surface area contributed by atoms with Gasteiger partial charge in [-0.1, -0.05) is 18.6 Å². The Kier molecular flexibility index (Phi) is 5.40. The van der Waals surface area contributed by atoms with E-state index in [1.54, 1.807) is 0 Å². The van der Waals surface area contributed by atoms with E-state index in [1.807, 2.05) is 16.0 Å². The molecule has 2 aliphatic heterocycles. The molecule has 0 saturated carbocycles. The molecular formula is C22H29N3O3. The van der Waals surface area contributed by atoms with Crippen molar-refractivity contribution in [3.8, 4) is 0 Å². The SMILES string of the molecule is Cc1ccc2[nH]cc(CCC(=O)N3C[C@@H](C)[C@H](C(=O)N4CCOCC4)C3)c2c1. The number of benzene rings is 1. The number of rotatable bonds is 4.